The second kappa shape index (κ2) is 5.40. The van der Waals surface area contributed by atoms with E-state index in [0.29, 0.717) is 18.8 Å². The molecule has 2 rings (SSSR count). The molecule has 2 heterocycles. The molecule has 1 saturated heterocycles. The van der Waals surface area contributed by atoms with Crippen molar-refractivity contribution in [3.05, 3.63) is 11.2 Å². The number of anilines is 1. The van der Waals surface area contributed by atoms with Gasteiger partial charge in [0.2, 0.25) is 0 Å². The molecule has 1 unspecified atom stereocenters. The first-order valence-electron chi connectivity index (χ1n) is 5.80. The highest BCUT2D eigenvalue weighted by atomic mass is 35.5. The molecule has 0 amide bonds. The Morgan fingerprint density at radius 3 is 2.79 bits per heavy atom. The van der Waals surface area contributed by atoms with Crippen LogP contribution in [0.4, 0.5) is 19.0 Å². The molecule has 0 N–H and O–H groups in total. The molecule has 0 spiro atoms. The highest BCUT2D eigenvalue weighted by Crippen LogP contribution is 2.34. The van der Waals surface area contributed by atoms with Crippen LogP contribution in [-0.2, 0) is 0 Å². The standard InChI is InChI=1S/C11H13ClF3N3O/c1-19-10-16-8(12)5-9(17-10)18-4-2-3-7(6-18)11(13,14)15/h5,7H,2-4,6H2,1H3. The van der Waals surface area contributed by atoms with E-state index in [2.05, 4.69) is 9.97 Å². The lowest BCUT2D eigenvalue weighted by Gasteiger charge is -2.34. The summed E-state index contributed by atoms with van der Waals surface area (Å²) in [5, 5.41) is 0.149. The Kier molecular flexibility index (Phi) is 4.03. The molecule has 1 aromatic rings. The van der Waals surface area contributed by atoms with Crippen LogP contribution < -0.4 is 9.64 Å². The second-order valence-electron chi connectivity index (χ2n) is 4.36. The molecular formula is C11H13ClF3N3O. The molecule has 106 valence electrons. The van der Waals surface area contributed by atoms with Crippen molar-refractivity contribution in [1.82, 2.24) is 9.97 Å². The average Bonchev–Trinajstić information content (AvgIpc) is 2.37. The minimum absolute atomic E-state index is 0.0524. The monoisotopic (exact) mass is 295 g/mol. The van der Waals surface area contributed by atoms with Crippen molar-refractivity contribution in [2.24, 2.45) is 5.92 Å². The van der Waals surface area contributed by atoms with E-state index in [9.17, 15) is 13.2 Å². The van der Waals surface area contributed by atoms with Crippen LogP contribution in [-0.4, -0.2) is 36.3 Å². The van der Waals surface area contributed by atoms with E-state index in [-0.39, 0.29) is 24.1 Å². The summed E-state index contributed by atoms with van der Waals surface area (Å²) in [6.45, 7) is 0.406. The number of hydrogen-bond acceptors (Lipinski definition) is 4. The minimum atomic E-state index is -4.18. The van der Waals surface area contributed by atoms with Gasteiger partial charge in [-0.05, 0) is 12.8 Å². The van der Waals surface area contributed by atoms with Crippen molar-refractivity contribution in [2.45, 2.75) is 19.0 Å². The van der Waals surface area contributed by atoms with E-state index in [0.717, 1.165) is 0 Å². The molecule has 4 nitrogen and oxygen atoms in total. The number of hydrogen-bond donors (Lipinski definition) is 0. The fraction of sp³-hybridized carbons (Fsp3) is 0.636. The van der Waals surface area contributed by atoms with Crippen LogP contribution in [0.2, 0.25) is 5.15 Å². The number of halogens is 4. The van der Waals surface area contributed by atoms with Crippen molar-refractivity contribution >= 4 is 17.4 Å². The maximum Gasteiger partial charge on any atom is 0.393 e. The van der Waals surface area contributed by atoms with Crippen molar-refractivity contribution in [3.63, 3.8) is 0 Å². The predicted molar refractivity (Wildman–Crippen MR) is 64.6 cm³/mol. The summed E-state index contributed by atoms with van der Waals surface area (Å²) in [7, 11) is 1.38. The van der Waals surface area contributed by atoms with Gasteiger partial charge in [0, 0.05) is 19.2 Å². The largest absolute Gasteiger partial charge is 0.467 e. The quantitative estimate of drug-likeness (QED) is 0.786. The smallest absolute Gasteiger partial charge is 0.393 e. The highest BCUT2D eigenvalue weighted by molar-refractivity contribution is 6.29. The zero-order chi connectivity index (χ0) is 14.0. The number of rotatable bonds is 2. The van der Waals surface area contributed by atoms with E-state index in [4.69, 9.17) is 16.3 Å². The van der Waals surface area contributed by atoms with Gasteiger partial charge in [-0.15, -0.1) is 0 Å². The van der Waals surface area contributed by atoms with Crippen LogP contribution in [0.15, 0.2) is 6.07 Å². The summed E-state index contributed by atoms with van der Waals surface area (Å²) < 4.78 is 43.1. The van der Waals surface area contributed by atoms with E-state index < -0.39 is 12.1 Å². The minimum Gasteiger partial charge on any atom is -0.467 e. The molecule has 0 bridgehead atoms. The van der Waals surface area contributed by atoms with Crippen LogP contribution in [0.5, 0.6) is 6.01 Å². The third kappa shape index (κ3) is 3.40. The van der Waals surface area contributed by atoms with E-state index >= 15 is 0 Å². The Labute approximate surface area is 113 Å². The second-order valence-corrected chi connectivity index (χ2v) is 4.75. The highest BCUT2D eigenvalue weighted by Gasteiger charge is 2.42. The van der Waals surface area contributed by atoms with Crippen LogP contribution in [0.25, 0.3) is 0 Å². The molecule has 0 aromatic carbocycles. The summed E-state index contributed by atoms with van der Waals surface area (Å²) >= 11 is 5.79. The van der Waals surface area contributed by atoms with Gasteiger partial charge < -0.3 is 9.64 Å². The molecule has 1 aliphatic rings. The van der Waals surface area contributed by atoms with Crippen LogP contribution in [0, 0.1) is 5.92 Å². The predicted octanol–water partition coefficient (Wildman–Crippen LogP) is 2.92. The van der Waals surface area contributed by atoms with E-state index in [1.165, 1.54) is 13.2 Å². The number of ether oxygens (including phenoxy) is 1. The Morgan fingerprint density at radius 2 is 2.16 bits per heavy atom. The van der Waals surface area contributed by atoms with Gasteiger partial charge in [-0.3, -0.25) is 0 Å². The van der Waals surface area contributed by atoms with Gasteiger partial charge in [-0.25, -0.2) is 0 Å². The Balaban J connectivity index is 2.19. The molecule has 1 aliphatic heterocycles. The Hall–Kier alpha value is -1.24. The lowest BCUT2D eigenvalue weighted by molar-refractivity contribution is -0.176. The SMILES string of the molecule is COc1nc(Cl)cc(N2CCCC(C(F)(F)F)C2)n1. The van der Waals surface area contributed by atoms with E-state index in [1.54, 1.807) is 4.90 Å². The molecular weight excluding hydrogens is 283 g/mol. The van der Waals surface area contributed by atoms with Crippen molar-refractivity contribution in [2.75, 3.05) is 25.1 Å². The summed E-state index contributed by atoms with van der Waals surface area (Å²) in [6.07, 6.45) is -3.57. The summed E-state index contributed by atoms with van der Waals surface area (Å²) in [4.78, 5) is 9.40. The maximum atomic E-state index is 12.7. The van der Waals surface area contributed by atoms with Gasteiger partial charge in [0.1, 0.15) is 11.0 Å². The Morgan fingerprint density at radius 1 is 1.42 bits per heavy atom. The van der Waals surface area contributed by atoms with Gasteiger partial charge in [0.05, 0.1) is 13.0 Å². The molecule has 19 heavy (non-hydrogen) atoms. The number of alkyl halides is 3. The molecule has 8 heteroatoms. The molecule has 1 atom stereocenters. The number of methoxy groups -OCH3 is 1. The third-order valence-corrected chi connectivity index (χ3v) is 3.25. The van der Waals surface area contributed by atoms with E-state index in [1.807, 2.05) is 0 Å². The van der Waals surface area contributed by atoms with Gasteiger partial charge in [-0.1, -0.05) is 11.6 Å². The first kappa shape index (κ1) is 14.2. The van der Waals surface area contributed by atoms with Crippen molar-refractivity contribution < 1.29 is 17.9 Å². The normalized spacial score (nSPS) is 20.5. The number of nitrogens with zero attached hydrogens (tertiary/aromatic N) is 3. The first-order valence-corrected chi connectivity index (χ1v) is 6.18. The van der Waals surface area contributed by atoms with Crippen LogP contribution in [0.1, 0.15) is 12.8 Å². The fourth-order valence-electron chi connectivity index (χ4n) is 2.09. The molecule has 0 saturated carbocycles. The zero-order valence-electron chi connectivity index (χ0n) is 10.2. The average molecular weight is 296 g/mol. The zero-order valence-corrected chi connectivity index (χ0v) is 11.0. The van der Waals surface area contributed by atoms with Crippen LogP contribution >= 0.6 is 11.6 Å². The molecule has 0 radical (unpaired) electrons. The summed E-state index contributed by atoms with van der Waals surface area (Å²) in [5.41, 5.74) is 0. The van der Waals surface area contributed by atoms with Crippen LogP contribution in [0.3, 0.4) is 0 Å². The lowest BCUT2D eigenvalue weighted by Crippen LogP contribution is -2.42. The van der Waals surface area contributed by atoms with Gasteiger partial charge in [-0.2, -0.15) is 23.1 Å². The fourth-order valence-corrected chi connectivity index (χ4v) is 2.26. The van der Waals surface area contributed by atoms with Crippen molar-refractivity contribution in [3.8, 4) is 6.01 Å². The Bertz CT molecular complexity index is 455. The number of piperidine rings is 1. The number of aromatic nitrogens is 2. The molecule has 1 fully saturated rings. The molecule has 0 aliphatic carbocycles. The van der Waals surface area contributed by atoms with Crippen molar-refractivity contribution in [1.29, 1.82) is 0 Å². The summed E-state index contributed by atoms with van der Waals surface area (Å²) in [5.74, 6) is -0.966. The van der Waals surface area contributed by atoms with Gasteiger partial charge in [0.25, 0.3) is 0 Å². The summed E-state index contributed by atoms with van der Waals surface area (Å²) in [6, 6.07) is 1.50. The first-order chi connectivity index (χ1) is 8.90. The van der Waals surface area contributed by atoms with Gasteiger partial charge >= 0.3 is 12.2 Å². The third-order valence-electron chi connectivity index (χ3n) is 3.05. The topological polar surface area (TPSA) is 38.2 Å². The van der Waals surface area contributed by atoms with Gasteiger partial charge in [0.15, 0.2) is 0 Å². The lowest BCUT2D eigenvalue weighted by atomic mass is 9.97. The maximum absolute atomic E-state index is 12.7. The molecule has 1 aromatic heterocycles.